The number of ether oxygens (including phenoxy) is 2. The third-order valence-corrected chi connectivity index (χ3v) is 3.60. The first-order chi connectivity index (χ1) is 11.4. The summed E-state index contributed by atoms with van der Waals surface area (Å²) in [6, 6.07) is 7.03. The predicted octanol–water partition coefficient (Wildman–Crippen LogP) is 2.13. The summed E-state index contributed by atoms with van der Waals surface area (Å²) in [6.07, 6.45) is 1.53. The minimum absolute atomic E-state index is 0.0179. The van der Waals surface area contributed by atoms with Gasteiger partial charge < -0.3 is 14.8 Å². The van der Waals surface area contributed by atoms with Gasteiger partial charge in [-0.2, -0.15) is 0 Å². The number of para-hydroxylation sites is 1. The third-order valence-electron chi connectivity index (χ3n) is 3.60. The molecule has 7 heteroatoms. The third kappa shape index (κ3) is 4.13. The number of rotatable bonds is 5. The zero-order valence-electron chi connectivity index (χ0n) is 13.9. The van der Waals surface area contributed by atoms with Gasteiger partial charge in [0, 0.05) is 25.4 Å². The summed E-state index contributed by atoms with van der Waals surface area (Å²) in [6.45, 7) is 2.81. The highest BCUT2D eigenvalue weighted by molar-refractivity contribution is 5.93. The van der Waals surface area contributed by atoms with Crippen LogP contribution in [0, 0.1) is 0 Å². The number of alkyl carbamates (subject to hydrolysis) is 1. The topological polar surface area (TPSA) is 86.6 Å². The van der Waals surface area contributed by atoms with E-state index in [0.29, 0.717) is 6.42 Å². The van der Waals surface area contributed by atoms with Crippen LogP contribution < -0.4 is 5.32 Å². The summed E-state index contributed by atoms with van der Waals surface area (Å²) >= 11 is 0. The van der Waals surface area contributed by atoms with Crippen molar-refractivity contribution in [3.05, 3.63) is 36.0 Å². The fourth-order valence-electron chi connectivity index (χ4n) is 2.53. The van der Waals surface area contributed by atoms with E-state index in [0.717, 1.165) is 16.5 Å². The van der Waals surface area contributed by atoms with E-state index in [1.807, 2.05) is 24.3 Å². The van der Waals surface area contributed by atoms with E-state index >= 15 is 0 Å². The van der Waals surface area contributed by atoms with E-state index in [-0.39, 0.29) is 12.5 Å². The van der Waals surface area contributed by atoms with E-state index in [1.54, 1.807) is 10.8 Å². The van der Waals surface area contributed by atoms with Crippen LogP contribution in [0.5, 0.6) is 0 Å². The highest BCUT2D eigenvalue weighted by Gasteiger charge is 2.19. The van der Waals surface area contributed by atoms with Gasteiger partial charge in [0.05, 0.1) is 18.7 Å². The number of benzene rings is 1. The molecule has 0 saturated heterocycles. The normalized spacial score (nSPS) is 11.8. The molecule has 1 N–H and O–H groups in total. The predicted molar refractivity (Wildman–Crippen MR) is 87.9 cm³/mol. The van der Waals surface area contributed by atoms with Crippen molar-refractivity contribution >= 4 is 28.9 Å². The molecule has 0 aliphatic rings. The molecule has 0 spiro atoms. The Balaban J connectivity index is 2.30. The van der Waals surface area contributed by atoms with Gasteiger partial charge in [-0.1, -0.05) is 18.2 Å². The van der Waals surface area contributed by atoms with Crippen LogP contribution in [0.4, 0.5) is 4.79 Å². The Kier molecular flexibility index (Phi) is 5.57. The van der Waals surface area contributed by atoms with Crippen LogP contribution in [0.2, 0.25) is 0 Å². The van der Waals surface area contributed by atoms with Crippen molar-refractivity contribution in [2.45, 2.75) is 26.3 Å². The Labute approximate surface area is 139 Å². The number of aromatic nitrogens is 1. The highest BCUT2D eigenvalue weighted by atomic mass is 16.5. The lowest BCUT2D eigenvalue weighted by molar-refractivity contribution is -0.141. The van der Waals surface area contributed by atoms with Crippen LogP contribution in [0.1, 0.15) is 24.2 Å². The molecule has 7 nitrogen and oxygen atoms in total. The van der Waals surface area contributed by atoms with Crippen LogP contribution in [-0.4, -0.2) is 42.3 Å². The molecule has 1 aromatic carbocycles. The standard InChI is InChI=1S/C17H20N2O5/c1-11(20)19-9-13(15-6-4-5-7-16(15)19)8-14(10-24-12(2)21)18-17(22)23-3/h4-7,9,14H,8,10H2,1-3H3,(H,18,22)/t14-/m0/s1. The molecule has 128 valence electrons. The van der Waals surface area contributed by atoms with Crippen molar-refractivity contribution in [3.63, 3.8) is 0 Å². The number of carbonyl (C=O) groups excluding carboxylic acids is 3. The number of hydrogen-bond donors (Lipinski definition) is 1. The second-order valence-electron chi connectivity index (χ2n) is 5.40. The quantitative estimate of drug-likeness (QED) is 0.848. The van der Waals surface area contributed by atoms with Gasteiger partial charge in [0.25, 0.3) is 0 Å². The first-order valence-corrected chi connectivity index (χ1v) is 7.50. The number of nitrogens with zero attached hydrogens (tertiary/aromatic N) is 1. The molecule has 1 amide bonds. The van der Waals surface area contributed by atoms with Crippen molar-refractivity contribution in [1.82, 2.24) is 9.88 Å². The maximum atomic E-state index is 11.8. The monoisotopic (exact) mass is 332 g/mol. The van der Waals surface area contributed by atoms with E-state index < -0.39 is 18.1 Å². The molecule has 1 atom stereocenters. The van der Waals surface area contributed by atoms with Crippen LogP contribution in [0.3, 0.4) is 0 Å². The van der Waals surface area contributed by atoms with Crippen molar-refractivity contribution in [3.8, 4) is 0 Å². The molecule has 1 aromatic heterocycles. The lowest BCUT2D eigenvalue weighted by Gasteiger charge is -2.17. The van der Waals surface area contributed by atoms with Crippen LogP contribution in [-0.2, 0) is 20.7 Å². The van der Waals surface area contributed by atoms with Gasteiger partial charge in [-0.05, 0) is 18.1 Å². The second kappa shape index (κ2) is 7.63. The number of fused-ring (bicyclic) bond motifs is 1. The summed E-state index contributed by atoms with van der Waals surface area (Å²) in [5, 5.41) is 3.55. The number of nitrogens with one attached hydrogen (secondary N) is 1. The molecule has 0 bridgehead atoms. The SMILES string of the molecule is COC(=O)N[C@H](COC(C)=O)Cc1cn(C(C)=O)c2ccccc12. The molecule has 0 fully saturated rings. The van der Waals surface area contributed by atoms with E-state index in [2.05, 4.69) is 10.1 Å². The van der Waals surface area contributed by atoms with E-state index in [9.17, 15) is 14.4 Å². The minimum Gasteiger partial charge on any atom is -0.464 e. The van der Waals surface area contributed by atoms with E-state index in [1.165, 1.54) is 21.0 Å². The molecule has 0 unspecified atom stereocenters. The Bertz CT molecular complexity index is 765. The summed E-state index contributed by atoms with van der Waals surface area (Å²) in [4.78, 5) is 34.3. The molecule has 1 heterocycles. The van der Waals surface area contributed by atoms with Gasteiger partial charge >= 0.3 is 12.1 Å². The molecule has 2 aromatic rings. The molecular weight excluding hydrogens is 312 g/mol. The smallest absolute Gasteiger partial charge is 0.407 e. The van der Waals surface area contributed by atoms with Crippen molar-refractivity contribution in [2.24, 2.45) is 0 Å². The Morgan fingerprint density at radius 2 is 1.92 bits per heavy atom. The molecule has 0 aliphatic carbocycles. The van der Waals surface area contributed by atoms with E-state index in [4.69, 9.17) is 4.74 Å². The number of carbonyl (C=O) groups is 3. The van der Waals surface area contributed by atoms with Gasteiger partial charge in [-0.15, -0.1) is 0 Å². The van der Waals surface area contributed by atoms with Gasteiger partial charge in [-0.3, -0.25) is 14.2 Å². The van der Waals surface area contributed by atoms with Crippen molar-refractivity contribution < 1.29 is 23.9 Å². The number of methoxy groups -OCH3 is 1. The fraction of sp³-hybridized carbons (Fsp3) is 0.353. The summed E-state index contributed by atoms with van der Waals surface area (Å²) < 4.78 is 11.2. The minimum atomic E-state index is -0.609. The van der Waals surface area contributed by atoms with Crippen molar-refractivity contribution in [1.29, 1.82) is 0 Å². The number of hydrogen-bond acceptors (Lipinski definition) is 5. The molecule has 0 saturated carbocycles. The average Bonchev–Trinajstić information content (AvgIpc) is 2.91. The summed E-state index contributed by atoms with van der Waals surface area (Å²) in [5.74, 6) is -0.534. The molecule has 24 heavy (non-hydrogen) atoms. The Morgan fingerprint density at radius 3 is 2.54 bits per heavy atom. The summed E-state index contributed by atoms with van der Waals surface area (Å²) in [5.41, 5.74) is 1.67. The highest BCUT2D eigenvalue weighted by Crippen LogP contribution is 2.22. The maximum Gasteiger partial charge on any atom is 0.407 e. The van der Waals surface area contributed by atoms with Crippen LogP contribution >= 0.6 is 0 Å². The second-order valence-corrected chi connectivity index (χ2v) is 5.40. The van der Waals surface area contributed by atoms with Gasteiger partial charge in [0.1, 0.15) is 6.61 Å². The average molecular weight is 332 g/mol. The van der Waals surface area contributed by atoms with Crippen LogP contribution in [0.15, 0.2) is 30.5 Å². The van der Waals surface area contributed by atoms with Crippen molar-refractivity contribution in [2.75, 3.05) is 13.7 Å². The fourth-order valence-corrected chi connectivity index (χ4v) is 2.53. The zero-order valence-corrected chi connectivity index (χ0v) is 13.9. The lowest BCUT2D eigenvalue weighted by atomic mass is 10.1. The Hall–Kier alpha value is -2.83. The van der Waals surface area contributed by atoms with Gasteiger partial charge in [0.2, 0.25) is 5.91 Å². The molecule has 0 aliphatic heterocycles. The molecule has 0 radical (unpaired) electrons. The van der Waals surface area contributed by atoms with Gasteiger partial charge in [-0.25, -0.2) is 4.79 Å². The van der Waals surface area contributed by atoms with Gasteiger partial charge in [0.15, 0.2) is 0 Å². The molecular formula is C17H20N2O5. The summed E-state index contributed by atoms with van der Waals surface area (Å²) in [7, 11) is 1.26. The Morgan fingerprint density at radius 1 is 1.21 bits per heavy atom. The first-order valence-electron chi connectivity index (χ1n) is 7.50. The number of esters is 1. The number of amides is 1. The zero-order chi connectivity index (χ0) is 17.7. The molecule has 2 rings (SSSR count). The van der Waals surface area contributed by atoms with Crippen LogP contribution in [0.25, 0.3) is 10.9 Å². The first kappa shape index (κ1) is 17.5. The lowest BCUT2D eigenvalue weighted by Crippen LogP contribution is -2.40. The maximum absolute atomic E-state index is 11.8. The largest absolute Gasteiger partial charge is 0.464 e.